The molecule has 1 amide bonds. The Morgan fingerprint density at radius 1 is 1.35 bits per heavy atom. The van der Waals surface area contributed by atoms with Crippen LogP contribution in [0.4, 0.5) is 0 Å². The number of aliphatic hydroxyl groups is 1. The number of ether oxygens (including phenoxy) is 3. The van der Waals surface area contributed by atoms with Gasteiger partial charge in [0, 0.05) is 26.8 Å². The summed E-state index contributed by atoms with van der Waals surface area (Å²) in [4.78, 5) is 34.2. The van der Waals surface area contributed by atoms with Crippen molar-refractivity contribution in [3.05, 3.63) is 0 Å². The molecule has 0 saturated carbocycles. The second-order valence-electron chi connectivity index (χ2n) is 7.63. The molecule has 8 heteroatoms. The first-order valence-electron chi connectivity index (χ1n) is 8.92. The van der Waals surface area contributed by atoms with Gasteiger partial charge < -0.3 is 24.6 Å². The van der Waals surface area contributed by atoms with E-state index in [1.54, 1.807) is 0 Å². The van der Waals surface area contributed by atoms with Crippen LogP contribution in [0, 0.1) is 5.92 Å². The summed E-state index contributed by atoms with van der Waals surface area (Å²) in [6.45, 7) is 8.78. The predicted molar refractivity (Wildman–Crippen MR) is 93.2 cm³/mol. The SMILES string of the molecule is CC(=O)NCC[C@@H](C[C@@H]1C(=O)O[C@@H](COC(C)=O)C[C@@H]1O)OC(C)(C)C. The van der Waals surface area contributed by atoms with Crippen molar-refractivity contribution in [1.82, 2.24) is 5.32 Å². The predicted octanol–water partition coefficient (Wildman–Crippen LogP) is 0.942. The largest absolute Gasteiger partial charge is 0.462 e. The summed E-state index contributed by atoms with van der Waals surface area (Å²) in [5.41, 5.74) is -0.428. The average molecular weight is 373 g/mol. The maximum absolute atomic E-state index is 12.3. The van der Waals surface area contributed by atoms with E-state index >= 15 is 0 Å². The first kappa shape index (κ1) is 22.4. The van der Waals surface area contributed by atoms with Crippen LogP contribution >= 0.6 is 0 Å². The highest BCUT2D eigenvalue weighted by Gasteiger charge is 2.39. The van der Waals surface area contributed by atoms with E-state index in [0.29, 0.717) is 13.0 Å². The van der Waals surface area contributed by atoms with Crippen molar-refractivity contribution >= 4 is 17.8 Å². The Labute approximate surface area is 154 Å². The number of hydrogen-bond acceptors (Lipinski definition) is 7. The zero-order valence-corrected chi connectivity index (χ0v) is 16.2. The van der Waals surface area contributed by atoms with Crippen molar-refractivity contribution in [3.8, 4) is 0 Å². The third kappa shape index (κ3) is 8.62. The molecular formula is C18H31NO7. The minimum atomic E-state index is -0.899. The summed E-state index contributed by atoms with van der Waals surface area (Å²) in [6, 6.07) is 0. The molecular weight excluding hydrogens is 342 g/mol. The molecule has 1 fully saturated rings. The molecule has 2 N–H and O–H groups in total. The second kappa shape index (κ2) is 9.87. The summed E-state index contributed by atoms with van der Waals surface area (Å²) >= 11 is 0. The van der Waals surface area contributed by atoms with Crippen LogP contribution in [0.3, 0.4) is 0 Å². The van der Waals surface area contributed by atoms with Crippen LogP contribution in [0.2, 0.25) is 0 Å². The van der Waals surface area contributed by atoms with E-state index in [4.69, 9.17) is 14.2 Å². The van der Waals surface area contributed by atoms with Crippen LogP contribution in [0.15, 0.2) is 0 Å². The van der Waals surface area contributed by atoms with Gasteiger partial charge in [-0.15, -0.1) is 0 Å². The number of rotatable bonds is 8. The lowest BCUT2D eigenvalue weighted by molar-refractivity contribution is -0.181. The van der Waals surface area contributed by atoms with Crippen molar-refractivity contribution < 1.29 is 33.7 Å². The van der Waals surface area contributed by atoms with Crippen LogP contribution in [0.5, 0.6) is 0 Å². The molecule has 0 aromatic carbocycles. The fraction of sp³-hybridized carbons (Fsp3) is 0.833. The standard InChI is InChI=1S/C18H31NO7/c1-11(20)19-7-6-13(26-18(3,4)5)8-15-16(22)9-14(25-17(15)23)10-24-12(2)21/h13-16,22H,6-10H2,1-5H3,(H,19,20)/t13-,14+,15-,16-/m0/s1. The number of hydrogen-bond donors (Lipinski definition) is 2. The minimum absolute atomic E-state index is 0.0602. The van der Waals surface area contributed by atoms with E-state index in [-0.39, 0.29) is 31.5 Å². The highest BCUT2D eigenvalue weighted by Crippen LogP contribution is 2.28. The Morgan fingerprint density at radius 2 is 2.00 bits per heavy atom. The van der Waals surface area contributed by atoms with E-state index in [1.807, 2.05) is 20.8 Å². The molecule has 1 rings (SSSR count). The first-order valence-corrected chi connectivity index (χ1v) is 8.92. The lowest BCUT2D eigenvalue weighted by Gasteiger charge is -2.35. The third-order valence-corrected chi connectivity index (χ3v) is 3.90. The highest BCUT2D eigenvalue weighted by atomic mass is 16.6. The van der Waals surface area contributed by atoms with E-state index < -0.39 is 35.7 Å². The van der Waals surface area contributed by atoms with Gasteiger partial charge in [0.2, 0.25) is 5.91 Å². The molecule has 1 heterocycles. The van der Waals surface area contributed by atoms with Gasteiger partial charge in [0.15, 0.2) is 0 Å². The molecule has 26 heavy (non-hydrogen) atoms. The Balaban J connectivity index is 2.66. The molecule has 0 aromatic heterocycles. The topological polar surface area (TPSA) is 111 Å². The van der Waals surface area contributed by atoms with Crippen LogP contribution in [0.25, 0.3) is 0 Å². The van der Waals surface area contributed by atoms with Gasteiger partial charge in [-0.1, -0.05) is 0 Å². The number of amides is 1. The monoisotopic (exact) mass is 373 g/mol. The van der Waals surface area contributed by atoms with E-state index in [1.165, 1.54) is 13.8 Å². The summed E-state index contributed by atoms with van der Waals surface area (Å²) in [7, 11) is 0. The van der Waals surface area contributed by atoms with Crippen LogP contribution < -0.4 is 5.32 Å². The number of nitrogens with one attached hydrogen (secondary N) is 1. The average Bonchev–Trinajstić information content (AvgIpc) is 2.46. The molecule has 0 aromatic rings. The molecule has 0 spiro atoms. The minimum Gasteiger partial charge on any atom is -0.462 e. The fourth-order valence-corrected chi connectivity index (χ4v) is 2.87. The van der Waals surface area contributed by atoms with Crippen LogP contribution in [-0.4, -0.2) is 60.0 Å². The van der Waals surface area contributed by atoms with Gasteiger partial charge in [0.05, 0.1) is 23.7 Å². The molecule has 1 aliphatic rings. The van der Waals surface area contributed by atoms with Gasteiger partial charge in [-0.3, -0.25) is 14.4 Å². The zero-order valence-electron chi connectivity index (χ0n) is 16.2. The summed E-state index contributed by atoms with van der Waals surface area (Å²) < 4.78 is 16.1. The molecule has 0 unspecified atom stereocenters. The van der Waals surface area contributed by atoms with Crippen molar-refractivity contribution in [2.45, 2.75) is 77.8 Å². The first-order chi connectivity index (χ1) is 12.0. The summed E-state index contributed by atoms with van der Waals surface area (Å²) in [6.07, 6.45) is -0.847. The number of carbonyl (C=O) groups is 3. The number of carbonyl (C=O) groups excluding carboxylic acids is 3. The Kier molecular flexibility index (Phi) is 8.49. The number of cyclic esters (lactones) is 1. The Morgan fingerprint density at radius 3 is 2.50 bits per heavy atom. The smallest absolute Gasteiger partial charge is 0.312 e. The van der Waals surface area contributed by atoms with Gasteiger partial charge in [-0.25, -0.2) is 0 Å². The quantitative estimate of drug-likeness (QED) is 0.609. The highest BCUT2D eigenvalue weighted by molar-refractivity contribution is 5.74. The normalized spacial score (nSPS) is 24.5. The van der Waals surface area contributed by atoms with Crippen molar-refractivity contribution in [1.29, 1.82) is 0 Å². The number of esters is 2. The molecule has 0 radical (unpaired) electrons. The third-order valence-electron chi connectivity index (χ3n) is 3.90. The lowest BCUT2D eigenvalue weighted by Crippen LogP contribution is -2.45. The summed E-state index contributed by atoms with van der Waals surface area (Å²) in [5.74, 6) is -1.84. The van der Waals surface area contributed by atoms with Gasteiger partial charge in [-0.2, -0.15) is 0 Å². The summed E-state index contributed by atoms with van der Waals surface area (Å²) in [5, 5.41) is 13.1. The number of aliphatic hydroxyl groups excluding tert-OH is 1. The molecule has 8 nitrogen and oxygen atoms in total. The molecule has 1 saturated heterocycles. The van der Waals surface area contributed by atoms with Crippen molar-refractivity contribution in [2.24, 2.45) is 5.92 Å². The van der Waals surface area contributed by atoms with Crippen molar-refractivity contribution in [3.63, 3.8) is 0 Å². The van der Waals surface area contributed by atoms with Gasteiger partial charge >= 0.3 is 11.9 Å². The van der Waals surface area contributed by atoms with E-state index in [2.05, 4.69) is 5.32 Å². The molecule has 1 aliphatic heterocycles. The van der Waals surface area contributed by atoms with Gasteiger partial charge in [0.25, 0.3) is 0 Å². The van der Waals surface area contributed by atoms with Crippen molar-refractivity contribution in [2.75, 3.05) is 13.2 Å². The molecule has 0 aliphatic carbocycles. The molecule has 0 bridgehead atoms. The zero-order chi connectivity index (χ0) is 19.9. The molecule has 4 atom stereocenters. The van der Waals surface area contributed by atoms with Gasteiger partial charge in [0.1, 0.15) is 12.7 Å². The molecule has 150 valence electrons. The maximum Gasteiger partial charge on any atom is 0.312 e. The van der Waals surface area contributed by atoms with E-state index in [9.17, 15) is 19.5 Å². The second-order valence-corrected chi connectivity index (χ2v) is 7.63. The lowest BCUT2D eigenvalue weighted by atomic mass is 9.88. The van der Waals surface area contributed by atoms with Crippen LogP contribution in [0.1, 0.15) is 53.9 Å². The Hall–Kier alpha value is -1.67. The fourth-order valence-electron chi connectivity index (χ4n) is 2.87. The maximum atomic E-state index is 12.3. The van der Waals surface area contributed by atoms with Gasteiger partial charge in [-0.05, 0) is 33.6 Å². The Bertz CT molecular complexity index is 500. The van der Waals surface area contributed by atoms with E-state index in [0.717, 1.165) is 0 Å². The van der Waals surface area contributed by atoms with Crippen LogP contribution in [-0.2, 0) is 28.6 Å².